The summed E-state index contributed by atoms with van der Waals surface area (Å²) in [6, 6.07) is 12.4. The molecule has 1 N–H and O–H groups in total. The Morgan fingerprint density at radius 1 is 1.22 bits per heavy atom. The molecule has 0 heterocycles. The second-order valence-corrected chi connectivity index (χ2v) is 6.68. The quantitative estimate of drug-likeness (QED) is 0.721. The second-order valence-electron chi connectivity index (χ2n) is 5.53. The van der Waals surface area contributed by atoms with Crippen molar-refractivity contribution >= 4 is 34.3 Å². The van der Waals surface area contributed by atoms with Gasteiger partial charge in [-0.05, 0) is 55.0 Å². The maximum atomic E-state index is 13.1. The van der Waals surface area contributed by atoms with Crippen LogP contribution in [0.5, 0.6) is 5.75 Å². The Morgan fingerprint density at radius 3 is 2.37 bits per heavy atom. The van der Waals surface area contributed by atoms with Crippen molar-refractivity contribution < 1.29 is 18.7 Å². The second kappa shape index (κ2) is 9.78. The Kier molecular flexibility index (Phi) is 7.43. The predicted molar refractivity (Wildman–Crippen MR) is 108 cm³/mol. The van der Waals surface area contributed by atoms with Crippen LogP contribution in [0, 0.1) is 5.82 Å². The Hall–Kier alpha value is -2.80. The molecule has 2 amide bonds. The number of nitrogens with zero attached hydrogens (tertiary/aromatic N) is 1. The van der Waals surface area contributed by atoms with Gasteiger partial charge < -0.3 is 10.1 Å². The number of hydrogen-bond acceptors (Lipinski definition) is 4. The first-order chi connectivity index (χ1) is 13.0. The Morgan fingerprint density at radius 2 is 1.85 bits per heavy atom. The van der Waals surface area contributed by atoms with Crippen LogP contribution >= 0.6 is 11.8 Å². The molecule has 2 aromatic carbocycles. The highest BCUT2D eigenvalue weighted by molar-refractivity contribution is 8.15. The molecule has 0 fully saturated rings. The molecule has 0 saturated heterocycles. The first-order valence-electron chi connectivity index (χ1n) is 8.31. The maximum Gasteiger partial charge on any atom is 0.290 e. The van der Waals surface area contributed by atoms with E-state index in [1.165, 1.54) is 35.4 Å². The monoisotopic (exact) mass is 388 g/mol. The van der Waals surface area contributed by atoms with Gasteiger partial charge in [0.2, 0.25) is 5.91 Å². The number of carbonyl (C=O) groups excluding carboxylic acids is 2. The minimum Gasteiger partial charge on any atom is -0.497 e. The fourth-order valence-electron chi connectivity index (χ4n) is 2.28. The summed E-state index contributed by atoms with van der Waals surface area (Å²) in [6.07, 6.45) is 1.81. The maximum absolute atomic E-state index is 13.1. The number of benzene rings is 2. The average Bonchev–Trinajstić information content (AvgIpc) is 2.68. The molecule has 0 spiro atoms. The molecule has 1 atom stereocenters. The van der Waals surface area contributed by atoms with E-state index in [1.807, 2.05) is 6.92 Å². The molecule has 7 heteroatoms. The van der Waals surface area contributed by atoms with Crippen molar-refractivity contribution in [2.45, 2.75) is 18.6 Å². The summed E-state index contributed by atoms with van der Waals surface area (Å²) in [5.41, 5.74) is 1.10. The summed E-state index contributed by atoms with van der Waals surface area (Å²) in [6.45, 7) is 5.46. The standard InChI is InChI=1S/C20H21FN2O3S/c1-4-18(19(24)22-15-8-12-17(26-3)13-9-15)27-20(25)23(5-2)16-10-6-14(21)7-11-16/h5-13,18H,2,4H2,1,3H3,(H,22,24). The number of carbonyl (C=O) groups is 2. The van der Waals surface area contributed by atoms with Crippen LogP contribution in [0.15, 0.2) is 61.3 Å². The van der Waals surface area contributed by atoms with Crippen molar-refractivity contribution in [2.75, 3.05) is 17.3 Å². The number of hydrogen-bond donors (Lipinski definition) is 1. The molecule has 0 aromatic heterocycles. The van der Waals surface area contributed by atoms with Crippen molar-refractivity contribution in [3.05, 3.63) is 67.1 Å². The van der Waals surface area contributed by atoms with Crippen LogP contribution in [0.3, 0.4) is 0 Å². The largest absolute Gasteiger partial charge is 0.497 e. The van der Waals surface area contributed by atoms with Crippen molar-refractivity contribution in [2.24, 2.45) is 0 Å². The van der Waals surface area contributed by atoms with Gasteiger partial charge in [0.25, 0.3) is 5.24 Å². The summed E-state index contributed by atoms with van der Waals surface area (Å²) in [5, 5.41) is 1.84. The van der Waals surface area contributed by atoms with Gasteiger partial charge in [-0.3, -0.25) is 14.5 Å². The molecule has 1 unspecified atom stereocenters. The zero-order valence-corrected chi connectivity index (χ0v) is 16.0. The number of rotatable bonds is 7. The van der Waals surface area contributed by atoms with Crippen LogP contribution in [0.4, 0.5) is 20.6 Å². The Balaban J connectivity index is 2.04. The number of ether oxygens (including phenoxy) is 1. The van der Waals surface area contributed by atoms with Gasteiger partial charge in [-0.15, -0.1) is 0 Å². The number of halogens is 1. The molecule has 5 nitrogen and oxygen atoms in total. The van der Waals surface area contributed by atoms with E-state index in [2.05, 4.69) is 11.9 Å². The lowest BCUT2D eigenvalue weighted by molar-refractivity contribution is -0.115. The molecule has 0 aliphatic carbocycles. The summed E-state index contributed by atoms with van der Waals surface area (Å²) >= 11 is 0.897. The van der Waals surface area contributed by atoms with Crippen molar-refractivity contribution in [3.63, 3.8) is 0 Å². The minimum atomic E-state index is -0.581. The van der Waals surface area contributed by atoms with E-state index in [0.29, 0.717) is 23.5 Å². The van der Waals surface area contributed by atoms with E-state index in [1.54, 1.807) is 31.4 Å². The van der Waals surface area contributed by atoms with Gasteiger partial charge in [0.05, 0.1) is 12.4 Å². The topological polar surface area (TPSA) is 58.6 Å². The third kappa shape index (κ3) is 5.59. The van der Waals surface area contributed by atoms with Gasteiger partial charge >= 0.3 is 0 Å². The molecule has 142 valence electrons. The lowest BCUT2D eigenvalue weighted by atomic mass is 10.2. The highest BCUT2D eigenvalue weighted by atomic mass is 32.2. The summed E-state index contributed by atoms with van der Waals surface area (Å²) in [5.74, 6) is 0.0165. The SMILES string of the molecule is C=CN(C(=O)SC(CC)C(=O)Nc1ccc(OC)cc1)c1ccc(F)cc1. The smallest absolute Gasteiger partial charge is 0.290 e. The van der Waals surface area contributed by atoms with E-state index in [9.17, 15) is 14.0 Å². The van der Waals surface area contributed by atoms with Crippen molar-refractivity contribution in [1.29, 1.82) is 0 Å². The lowest BCUT2D eigenvalue weighted by Gasteiger charge is -2.20. The minimum absolute atomic E-state index is 0.274. The molecular formula is C20H21FN2O3S. The summed E-state index contributed by atoms with van der Waals surface area (Å²) in [4.78, 5) is 26.4. The fraction of sp³-hybridized carbons (Fsp3) is 0.200. The van der Waals surface area contributed by atoms with Crippen LogP contribution in [0.1, 0.15) is 13.3 Å². The van der Waals surface area contributed by atoms with Crippen molar-refractivity contribution in [3.8, 4) is 5.75 Å². The van der Waals surface area contributed by atoms with Crippen LogP contribution in [-0.2, 0) is 4.79 Å². The zero-order valence-electron chi connectivity index (χ0n) is 15.1. The first kappa shape index (κ1) is 20.5. The van der Waals surface area contributed by atoms with Gasteiger partial charge in [0.15, 0.2) is 0 Å². The van der Waals surface area contributed by atoms with E-state index in [-0.39, 0.29) is 11.1 Å². The zero-order chi connectivity index (χ0) is 19.8. The molecule has 27 heavy (non-hydrogen) atoms. The summed E-state index contributed by atoms with van der Waals surface area (Å²) in [7, 11) is 1.56. The summed E-state index contributed by atoms with van der Waals surface area (Å²) < 4.78 is 18.2. The van der Waals surface area contributed by atoms with Gasteiger partial charge in [0.1, 0.15) is 11.6 Å². The molecule has 0 aliphatic rings. The highest BCUT2D eigenvalue weighted by Gasteiger charge is 2.24. The average molecular weight is 388 g/mol. The van der Waals surface area contributed by atoms with Gasteiger partial charge in [-0.1, -0.05) is 25.3 Å². The van der Waals surface area contributed by atoms with Gasteiger partial charge in [0, 0.05) is 17.6 Å². The molecule has 0 aliphatic heterocycles. The lowest BCUT2D eigenvalue weighted by Crippen LogP contribution is -2.29. The van der Waals surface area contributed by atoms with Crippen molar-refractivity contribution in [1.82, 2.24) is 0 Å². The molecule has 2 aromatic rings. The number of amides is 2. The van der Waals surface area contributed by atoms with E-state index >= 15 is 0 Å². The molecule has 2 rings (SSSR count). The molecular weight excluding hydrogens is 367 g/mol. The third-order valence-electron chi connectivity index (χ3n) is 3.75. The molecule has 0 bridgehead atoms. The predicted octanol–water partition coefficient (Wildman–Crippen LogP) is 5.05. The molecule has 0 saturated carbocycles. The third-order valence-corrected chi connectivity index (χ3v) is 4.98. The number of nitrogens with one attached hydrogen (secondary N) is 1. The fourth-order valence-corrected chi connectivity index (χ4v) is 3.15. The van der Waals surface area contributed by atoms with Crippen LogP contribution in [0.2, 0.25) is 0 Å². The van der Waals surface area contributed by atoms with Crippen LogP contribution < -0.4 is 15.0 Å². The van der Waals surface area contributed by atoms with E-state index in [4.69, 9.17) is 4.74 Å². The normalized spacial score (nSPS) is 11.4. The van der Waals surface area contributed by atoms with Crippen LogP contribution in [-0.4, -0.2) is 23.5 Å². The number of anilines is 2. The highest BCUT2D eigenvalue weighted by Crippen LogP contribution is 2.25. The van der Waals surface area contributed by atoms with Gasteiger partial charge in [-0.25, -0.2) is 4.39 Å². The molecule has 0 radical (unpaired) electrons. The van der Waals surface area contributed by atoms with E-state index in [0.717, 1.165) is 11.8 Å². The Bertz CT molecular complexity index is 794. The Labute approximate surface area is 162 Å². The van der Waals surface area contributed by atoms with Gasteiger partial charge in [-0.2, -0.15) is 0 Å². The number of thioether (sulfide) groups is 1. The first-order valence-corrected chi connectivity index (χ1v) is 9.19. The number of methoxy groups -OCH3 is 1. The van der Waals surface area contributed by atoms with E-state index < -0.39 is 11.1 Å². The van der Waals surface area contributed by atoms with Crippen LogP contribution in [0.25, 0.3) is 0 Å².